The molecule has 0 bridgehead atoms. The zero-order chi connectivity index (χ0) is 12.3. The Hall–Kier alpha value is -0.860. The molecule has 0 amide bonds. The third-order valence-electron chi connectivity index (χ3n) is 2.16. The number of hydrogen-bond donors (Lipinski definition) is 1. The van der Waals surface area contributed by atoms with Crippen molar-refractivity contribution >= 4 is 29.7 Å². The van der Waals surface area contributed by atoms with Gasteiger partial charge in [-0.2, -0.15) is 17.5 Å². The quantitative estimate of drug-likeness (QED) is 0.930. The predicted octanol–water partition coefficient (Wildman–Crippen LogP) is 2.28. The van der Waals surface area contributed by atoms with E-state index in [0.717, 1.165) is 30.3 Å². The Kier molecular flexibility index (Phi) is 5.36. The fraction of sp³-hybridized carbons (Fsp3) is 0.556. The van der Waals surface area contributed by atoms with Gasteiger partial charge in [-0.1, -0.05) is 6.08 Å². The van der Waals surface area contributed by atoms with Gasteiger partial charge in [-0.3, -0.25) is 0 Å². The number of rotatable bonds is 3. The summed E-state index contributed by atoms with van der Waals surface area (Å²) in [7, 11) is 0. The van der Waals surface area contributed by atoms with Gasteiger partial charge in [0.05, 0.1) is 11.7 Å². The Bertz CT molecular complexity index is 421. The summed E-state index contributed by atoms with van der Waals surface area (Å²) in [5.74, 6) is -0.0396. The van der Waals surface area contributed by atoms with Crippen molar-refractivity contribution in [3.05, 3.63) is 11.8 Å². The van der Waals surface area contributed by atoms with E-state index in [1.807, 2.05) is 6.08 Å². The van der Waals surface area contributed by atoms with E-state index in [-0.39, 0.29) is 18.3 Å². The minimum atomic E-state index is -4.36. The van der Waals surface area contributed by atoms with Crippen LogP contribution in [0.15, 0.2) is 6.08 Å². The van der Waals surface area contributed by atoms with Crippen LogP contribution < -0.4 is 10.1 Å². The molecule has 0 saturated heterocycles. The van der Waals surface area contributed by atoms with Gasteiger partial charge in [-0.05, 0) is 18.5 Å². The molecular formula is C9H11ClF3N3OS. The first-order valence-electron chi connectivity index (χ1n) is 4.98. The van der Waals surface area contributed by atoms with Crippen LogP contribution in [0.2, 0.25) is 0 Å². The molecule has 9 heteroatoms. The summed E-state index contributed by atoms with van der Waals surface area (Å²) in [5, 5.41) is 3.11. The molecule has 1 N–H and O–H groups in total. The number of aromatic nitrogens is 2. The van der Waals surface area contributed by atoms with E-state index in [1.54, 1.807) is 0 Å². The fourth-order valence-corrected chi connectivity index (χ4v) is 1.98. The van der Waals surface area contributed by atoms with Crippen LogP contribution in [-0.2, 0) is 0 Å². The standard InChI is InChI=1S/C9H10F3N3OS.ClH/c10-9(11,12)5-16-8-7(14-17-15-8)6-2-1-3-13-4-6;/h2,13H,1,3-5H2;1H. The highest BCUT2D eigenvalue weighted by Gasteiger charge is 2.30. The highest BCUT2D eigenvalue weighted by molar-refractivity contribution is 6.99. The van der Waals surface area contributed by atoms with Crippen molar-refractivity contribution in [2.45, 2.75) is 12.6 Å². The molecule has 0 fully saturated rings. The number of alkyl halides is 3. The van der Waals surface area contributed by atoms with E-state index in [9.17, 15) is 13.2 Å². The Labute approximate surface area is 112 Å². The lowest BCUT2D eigenvalue weighted by Gasteiger charge is -2.13. The van der Waals surface area contributed by atoms with Crippen LogP contribution >= 0.6 is 24.1 Å². The normalized spacial score (nSPS) is 15.8. The van der Waals surface area contributed by atoms with Crippen LogP contribution in [0, 0.1) is 0 Å². The molecule has 0 atom stereocenters. The maximum absolute atomic E-state index is 12.0. The molecule has 0 aliphatic carbocycles. The molecule has 1 aromatic rings. The number of nitrogens with zero attached hydrogens (tertiary/aromatic N) is 2. The Morgan fingerprint density at radius 2 is 2.17 bits per heavy atom. The van der Waals surface area contributed by atoms with Gasteiger partial charge in [0.1, 0.15) is 5.69 Å². The summed E-state index contributed by atoms with van der Waals surface area (Å²) in [6.07, 6.45) is -1.60. The summed E-state index contributed by atoms with van der Waals surface area (Å²) < 4.78 is 48.4. The molecule has 0 unspecified atom stereocenters. The van der Waals surface area contributed by atoms with Gasteiger partial charge in [0.25, 0.3) is 5.88 Å². The summed E-state index contributed by atoms with van der Waals surface area (Å²) in [6, 6.07) is 0. The second-order valence-electron chi connectivity index (χ2n) is 3.52. The van der Waals surface area contributed by atoms with E-state index in [2.05, 4.69) is 18.8 Å². The Morgan fingerprint density at radius 3 is 2.78 bits per heavy atom. The van der Waals surface area contributed by atoms with Crippen molar-refractivity contribution < 1.29 is 17.9 Å². The second kappa shape index (κ2) is 6.35. The highest BCUT2D eigenvalue weighted by Crippen LogP contribution is 2.26. The number of ether oxygens (including phenoxy) is 1. The van der Waals surface area contributed by atoms with Crippen LogP contribution in [0.4, 0.5) is 13.2 Å². The van der Waals surface area contributed by atoms with E-state index >= 15 is 0 Å². The lowest BCUT2D eigenvalue weighted by molar-refractivity contribution is -0.154. The van der Waals surface area contributed by atoms with Crippen molar-refractivity contribution in [3.63, 3.8) is 0 Å². The lowest BCUT2D eigenvalue weighted by Crippen LogP contribution is -2.23. The molecule has 4 nitrogen and oxygen atoms in total. The van der Waals surface area contributed by atoms with Crippen LogP contribution in [0.1, 0.15) is 12.1 Å². The summed E-state index contributed by atoms with van der Waals surface area (Å²) in [5.41, 5.74) is 1.24. The SMILES string of the molecule is Cl.FC(F)(F)COc1nsnc1C1=CCCNC1. The first-order chi connectivity index (χ1) is 8.06. The Morgan fingerprint density at radius 1 is 1.39 bits per heavy atom. The van der Waals surface area contributed by atoms with Gasteiger partial charge >= 0.3 is 6.18 Å². The molecule has 1 aliphatic heterocycles. The van der Waals surface area contributed by atoms with Crippen molar-refractivity contribution in [1.82, 2.24) is 14.1 Å². The summed E-state index contributed by atoms with van der Waals surface area (Å²) in [6.45, 7) is 0.0969. The second-order valence-corrected chi connectivity index (χ2v) is 4.05. The zero-order valence-corrected chi connectivity index (χ0v) is 10.8. The minimum Gasteiger partial charge on any atom is -0.466 e. The average Bonchev–Trinajstić information content (AvgIpc) is 2.75. The minimum absolute atomic E-state index is 0. The van der Waals surface area contributed by atoms with Gasteiger partial charge < -0.3 is 10.1 Å². The van der Waals surface area contributed by atoms with E-state index in [0.29, 0.717) is 12.2 Å². The molecule has 0 saturated carbocycles. The molecule has 1 aromatic heterocycles. The summed E-state index contributed by atoms with van der Waals surface area (Å²) >= 11 is 0.849. The monoisotopic (exact) mass is 301 g/mol. The summed E-state index contributed by atoms with van der Waals surface area (Å²) in [4.78, 5) is 0. The van der Waals surface area contributed by atoms with Crippen LogP contribution in [0.3, 0.4) is 0 Å². The van der Waals surface area contributed by atoms with E-state index in [1.165, 1.54) is 0 Å². The maximum atomic E-state index is 12.0. The number of nitrogens with one attached hydrogen (secondary N) is 1. The van der Waals surface area contributed by atoms with E-state index in [4.69, 9.17) is 0 Å². The maximum Gasteiger partial charge on any atom is 0.422 e. The molecule has 0 aromatic carbocycles. The zero-order valence-electron chi connectivity index (χ0n) is 9.16. The van der Waals surface area contributed by atoms with Crippen LogP contribution in [-0.4, -0.2) is 34.6 Å². The Balaban J connectivity index is 0.00000162. The smallest absolute Gasteiger partial charge is 0.422 e. The lowest BCUT2D eigenvalue weighted by atomic mass is 10.1. The molecule has 2 rings (SSSR count). The van der Waals surface area contributed by atoms with Crippen molar-refractivity contribution in [1.29, 1.82) is 0 Å². The molecule has 18 heavy (non-hydrogen) atoms. The third-order valence-corrected chi connectivity index (χ3v) is 2.67. The largest absolute Gasteiger partial charge is 0.466 e. The molecular weight excluding hydrogens is 291 g/mol. The van der Waals surface area contributed by atoms with Gasteiger partial charge in [0, 0.05) is 6.54 Å². The molecule has 0 spiro atoms. The highest BCUT2D eigenvalue weighted by atomic mass is 35.5. The fourth-order valence-electron chi connectivity index (χ4n) is 1.45. The van der Waals surface area contributed by atoms with E-state index < -0.39 is 12.8 Å². The van der Waals surface area contributed by atoms with Gasteiger partial charge in [-0.25, -0.2) is 0 Å². The van der Waals surface area contributed by atoms with Crippen molar-refractivity contribution in [2.75, 3.05) is 19.7 Å². The van der Waals surface area contributed by atoms with Gasteiger partial charge in [-0.15, -0.1) is 16.8 Å². The molecule has 102 valence electrons. The first kappa shape index (κ1) is 15.2. The molecule has 0 radical (unpaired) electrons. The number of halogens is 4. The average molecular weight is 302 g/mol. The van der Waals surface area contributed by atoms with Gasteiger partial charge in [0.2, 0.25) is 0 Å². The predicted molar refractivity (Wildman–Crippen MR) is 64.2 cm³/mol. The number of hydrogen-bond acceptors (Lipinski definition) is 5. The third kappa shape index (κ3) is 4.11. The van der Waals surface area contributed by atoms with Crippen LogP contribution in [0.25, 0.3) is 5.57 Å². The first-order valence-corrected chi connectivity index (χ1v) is 5.71. The van der Waals surface area contributed by atoms with Crippen molar-refractivity contribution in [2.24, 2.45) is 0 Å². The molecule has 2 heterocycles. The topological polar surface area (TPSA) is 47.0 Å². The van der Waals surface area contributed by atoms with Crippen molar-refractivity contribution in [3.8, 4) is 5.88 Å². The van der Waals surface area contributed by atoms with Crippen LogP contribution in [0.5, 0.6) is 5.88 Å². The molecule has 1 aliphatic rings. The van der Waals surface area contributed by atoms with Gasteiger partial charge in [0.15, 0.2) is 6.61 Å².